The number of aryl methyl sites for hydroxylation is 1. The highest BCUT2D eigenvalue weighted by atomic mass is 16.1. The normalized spacial score (nSPS) is 11.0. The Balaban J connectivity index is 2.19. The van der Waals surface area contributed by atoms with Crippen LogP contribution in [0.1, 0.15) is 29.8 Å². The number of aromatic nitrogens is 1. The highest BCUT2D eigenvalue weighted by Crippen LogP contribution is 2.25. The van der Waals surface area contributed by atoms with Crippen molar-refractivity contribution in [3.63, 3.8) is 0 Å². The fourth-order valence-corrected chi connectivity index (χ4v) is 2.66. The van der Waals surface area contributed by atoms with E-state index < -0.39 is 0 Å². The Bertz CT molecular complexity index is 868. The molecule has 0 aliphatic heterocycles. The van der Waals surface area contributed by atoms with Gasteiger partial charge in [0.1, 0.15) is 0 Å². The van der Waals surface area contributed by atoms with Crippen molar-refractivity contribution in [2.24, 2.45) is 0 Å². The van der Waals surface area contributed by atoms with Gasteiger partial charge in [0.15, 0.2) is 0 Å². The Hall–Kier alpha value is -2.68. The molecule has 2 aromatic carbocycles. The first-order valence-electron chi connectivity index (χ1n) is 7.82. The Labute approximate surface area is 136 Å². The lowest BCUT2D eigenvalue weighted by atomic mass is 10.0. The maximum atomic E-state index is 12.6. The number of pyridine rings is 1. The van der Waals surface area contributed by atoms with Crippen molar-refractivity contribution >= 4 is 16.8 Å². The van der Waals surface area contributed by atoms with Crippen molar-refractivity contribution < 1.29 is 4.79 Å². The summed E-state index contributed by atoms with van der Waals surface area (Å²) in [5.41, 5.74) is 4.52. The average Bonchev–Trinajstić information content (AvgIpc) is 2.53. The molecule has 1 amide bonds. The van der Waals surface area contributed by atoms with Gasteiger partial charge in [0, 0.05) is 17.0 Å². The van der Waals surface area contributed by atoms with Crippen LogP contribution in [0.4, 0.5) is 0 Å². The van der Waals surface area contributed by atoms with E-state index in [0.717, 1.165) is 22.2 Å². The number of rotatable bonds is 3. The molecule has 0 saturated heterocycles. The van der Waals surface area contributed by atoms with E-state index in [9.17, 15) is 4.79 Å². The molecular formula is C20H20N2O. The molecule has 0 bridgehead atoms. The second kappa shape index (κ2) is 6.21. The molecule has 3 rings (SSSR count). The first-order valence-corrected chi connectivity index (χ1v) is 7.82. The molecule has 23 heavy (non-hydrogen) atoms. The predicted octanol–water partition coefficient (Wildman–Crippen LogP) is 4.35. The van der Waals surface area contributed by atoms with Crippen molar-refractivity contribution in [2.45, 2.75) is 26.8 Å². The number of carbonyl (C=O) groups is 1. The number of nitrogens with one attached hydrogen (secondary N) is 1. The van der Waals surface area contributed by atoms with Gasteiger partial charge in [-0.1, -0.05) is 42.0 Å². The number of hydrogen-bond acceptors (Lipinski definition) is 2. The number of hydrogen-bond donors (Lipinski definition) is 1. The van der Waals surface area contributed by atoms with Crippen LogP contribution in [0.3, 0.4) is 0 Å². The summed E-state index contributed by atoms with van der Waals surface area (Å²) in [5, 5.41) is 3.85. The number of benzene rings is 2. The van der Waals surface area contributed by atoms with Gasteiger partial charge in [-0.2, -0.15) is 0 Å². The molecule has 3 nitrogen and oxygen atoms in total. The van der Waals surface area contributed by atoms with E-state index in [1.807, 2.05) is 56.3 Å². The van der Waals surface area contributed by atoms with Gasteiger partial charge in [0.25, 0.3) is 5.91 Å². The van der Waals surface area contributed by atoms with E-state index in [1.165, 1.54) is 5.56 Å². The summed E-state index contributed by atoms with van der Waals surface area (Å²) < 4.78 is 0. The van der Waals surface area contributed by atoms with Crippen LogP contribution in [0, 0.1) is 6.92 Å². The molecule has 0 unspecified atom stereocenters. The molecule has 1 aromatic heterocycles. The smallest absolute Gasteiger partial charge is 0.252 e. The minimum absolute atomic E-state index is 0.0625. The molecule has 3 heteroatoms. The van der Waals surface area contributed by atoms with E-state index in [1.54, 1.807) is 0 Å². The van der Waals surface area contributed by atoms with E-state index in [-0.39, 0.29) is 11.9 Å². The third kappa shape index (κ3) is 3.24. The fraction of sp³-hybridized carbons (Fsp3) is 0.200. The molecule has 1 heterocycles. The number of carbonyl (C=O) groups excluding carboxylic acids is 1. The van der Waals surface area contributed by atoms with Crippen LogP contribution >= 0.6 is 0 Å². The van der Waals surface area contributed by atoms with Gasteiger partial charge in [-0.3, -0.25) is 4.79 Å². The van der Waals surface area contributed by atoms with Gasteiger partial charge in [0.2, 0.25) is 0 Å². The standard InChI is InChI=1S/C20H20N2O/c1-13(2)21-20(23)17-12-19(15-8-6-7-14(3)11-15)22-18-10-5-4-9-16(17)18/h4-13H,1-3H3,(H,21,23). The largest absolute Gasteiger partial charge is 0.350 e. The molecule has 116 valence electrons. The number of nitrogens with zero attached hydrogens (tertiary/aromatic N) is 1. The van der Waals surface area contributed by atoms with Gasteiger partial charge in [0.05, 0.1) is 16.8 Å². The lowest BCUT2D eigenvalue weighted by molar-refractivity contribution is 0.0945. The number of amides is 1. The van der Waals surface area contributed by atoms with E-state index >= 15 is 0 Å². The minimum atomic E-state index is -0.0625. The zero-order chi connectivity index (χ0) is 16.4. The van der Waals surface area contributed by atoms with Crippen LogP contribution < -0.4 is 5.32 Å². The average molecular weight is 304 g/mol. The highest BCUT2D eigenvalue weighted by Gasteiger charge is 2.14. The third-order valence-electron chi connectivity index (χ3n) is 3.69. The number of para-hydroxylation sites is 1. The molecule has 0 atom stereocenters. The molecule has 0 saturated carbocycles. The van der Waals surface area contributed by atoms with Crippen molar-refractivity contribution in [3.05, 3.63) is 65.7 Å². The Morgan fingerprint density at radius 1 is 1.04 bits per heavy atom. The summed E-state index contributed by atoms with van der Waals surface area (Å²) in [5.74, 6) is -0.0625. The summed E-state index contributed by atoms with van der Waals surface area (Å²) in [6, 6.07) is 17.9. The quantitative estimate of drug-likeness (QED) is 0.781. The molecule has 1 N–H and O–H groups in total. The van der Waals surface area contributed by atoms with Crippen LogP contribution in [0.25, 0.3) is 22.2 Å². The fourth-order valence-electron chi connectivity index (χ4n) is 2.66. The molecule has 0 aliphatic carbocycles. The lowest BCUT2D eigenvalue weighted by Crippen LogP contribution is -2.30. The summed E-state index contributed by atoms with van der Waals surface area (Å²) in [4.78, 5) is 17.3. The summed E-state index contributed by atoms with van der Waals surface area (Å²) >= 11 is 0. The Morgan fingerprint density at radius 3 is 2.57 bits per heavy atom. The third-order valence-corrected chi connectivity index (χ3v) is 3.69. The second-order valence-corrected chi connectivity index (χ2v) is 6.07. The van der Waals surface area contributed by atoms with Crippen molar-refractivity contribution in [3.8, 4) is 11.3 Å². The van der Waals surface area contributed by atoms with Gasteiger partial charge in [-0.15, -0.1) is 0 Å². The van der Waals surface area contributed by atoms with Crippen LogP contribution in [0.15, 0.2) is 54.6 Å². The number of fused-ring (bicyclic) bond motifs is 1. The van der Waals surface area contributed by atoms with Crippen molar-refractivity contribution in [2.75, 3.05) is 0 Å². The first kappa shape index (κ1) is 15.2. The van der Waals surface area contributed by atoms with E-state index in [0.29, 0.717) is 5.56 Å². The summed E-state index contributed by atoms with van der Waals surface area (Å²) in [6.07, 6.45) is 0. The zero-order valence-corrected chi connectivity index (χ0v) is 13.6. The topological polar surface area (TPSA) is 42.0 Å². The second-order valence-electron chi connectivity index (χ2n) is 6.07. The summed E-state index contributed by atoms with van der Waals surface area (Å²) in [7, 11) is 0. The van der Waals surface area contributed by atoms with Gasteiger partial charge >= 0.3 is 0 Å². The molecule has 3 aromatic rings. The lowest BCUT2D eigenvalue weighted by Gasteiger charge is -2.12. The van der Waals surface area contributed by atoms with E-state index in [2.05, 4.69) is 24.4 Å². The van der Waals surface area contributed by atoms with E-state index in [4.69, 9.17) is 4.98 Å². The summed E-state index contributed by atoms with van der Waals surface area (Å²) in [6.45, 7) is 5.97. The van der Waals surface area contributed by atoms with Crippen molar-refractivity contribution in [1.82, 2.24) is 10.3 Å². The molecule has 0 aliphatic rings. The van der Waals surface area contributed by atoms with Crippen molar-refractivity contribution in [1.29, 1.82) is 0 Å². The Morgan fingerprint density at radius 2 is 1.83 bits per heavy atom. The maximum Gasteiger partial charge on any atom is 0.252 e. The van der Waals surface area contributed by atoms with Gasteiger partial charge in [-0.05, 0) is 39.0 Å². The van der Waals surface area contributed by atoms with Crippen LogP contribution in [-0.2, 0) is 0 Å². The molecule has 0 fully saturated rings. The maximum absolute atomic E-state index is 12.6. The van der Waals surface area contributed by atoms with Crippen LogP contribution in [0.5, 0.6) is 0 Å². The SMILES string of the molecule is Cc1cccc(-c2cc(C(=O)NC(C)C)c3ccccc3n2)c1. The monoisotopic (exact) mass is 304 g/mol. The highest BCUT2D eigenvalue weighted by molar-refractivity contribution is 6.07. The first-order chi connectivity index (χ1) is 11.0. The minimum Gasteiger partial charge on any atom is -0.350 e. The van der Waals surface area contributed by atoms with Gasteiger partial charge < -0.3 is 5.32 Å². The van der Waals surface area contributed by atoms with Crippen LogP contribution in [0.2, 0.25) is 0 Å². The Kier molecular flexibility index (Phi) is 4.11. The predicted molar refractivity (Wildman–Crippen MR) is 94.5 cm³/mol. The molecule has 0 radical (unpaired) electrons. The van der Waals surface area contributed by atoms with Crippen LogP contribution in [-0.4, -0.2) is 16.9 Å². The molecule has 0 spiro atoms. The molecular weight excluding hydrogens is 284 g/mol. The van der Waals surface area contributed by atoms with Gasteiger partial charge in [-0.25, -0.2) is 4.98 Å². The zero-order valence-electron chi connectivity index (χ0n) is 13.6.